The second-order valence-electron chi connectivity index (χ2n) is 8.24. The zero-order valence-electron chi connectivity index (χ0n) is 16.8. The summed E-state index contributed by atoms with van der Waals surface area (Å²) in [5.74, 6) is 2.65. The zero-order valence-corrected chi connectivity index (χ0v) is 16.8. The van der Waals surface area contributed by atoms with Crippen molar-refractivity contribution in [1.29, 1.82) is 0 Å². The number of aryl methyl sites for hydroxylation is 2. The van der Waals surface area contributed by atoms with Crippen molar-refractivity contribution in [2.24, 2.45) is 0 Å². The average molecular weight is 400 g/mol. The molecule has 0 saturated heterocycles. The second-order valence-corrected chi connectivity index (χ2v) is 8.24. The first-order valence-corrected chi connectivity index (χ1v) is 10.0. The number of rotatable bonds is 6. The molecule has 2 aliphatic carbocycles. The molecule has 152 valence electrons. The van der Waals surface area contributed by atoms with Gasteiger partial charge in [-0.2, -0.15) is 13.8 Å². The standard InChI is InChI=1S/C21H24F2N5O/c1-12-24-19-18(20(25-12)28(3,15-6-7-15)16-8-9-16)26-13(2)27(19)14-4-10-17(11-5-14)29-21(22)23/h4-5,10-11,15-16,21H,6-9H2,1-3H3/q+1. The van der Waals surface area contributed by atoms with Gasteiger partial charge in [-0.3, -0.25) is 9.05 Å². The van der Waals surface area contributed by atoms with Crippen LogP contribution in [0.3, 0.4) is 0 Å². The third-order valence-corrected chi connectivity index (χ3v) is 6.16. The number of nitrogens with zero attached hydrogens (tertiary/aromatic N) is 5. The number of ether oxygens (including phenoxy) is 1. The van der Waals surface area contributed by atoms with E-state index < -0.39 is 6.61 Å². The van der Waals surface area contributed by atoms with Gasteiger partial charge in [-0.1, -0.05) is 0 Å². The van der Waals surface area contributed by atoms with E-state index >= 15 is 0 Å². The molecule has 29 heavy (non-hydrogen) atoms. The van der Waals surface area contributed by atoms with Gasteiger partial charge in [0.15, 0.2) is 11.2 Å². The fourth-order valence-corrected chi connectivity index (χ4v) is 4.45. The average Bonchev–Trinajstić information content (AvgIpc) is 3.57. The minimum Gasteiger partial charge on any atom is -0.435 e. The quantitative estimate of drug-likeness (QED) is 0.579. The molecular formula is C21H24F2N5O+. The molecule has 1 aromatic carbocycles. The fourth-order valence-electron chi connectivity index (χ4n) is 4.45. The molecule has 0 atom stereocenters. The van der Waals surface area contributed by atoms with Crippen LogP contribution in [0, 0.1) is 13.8 Å². The number of fused-ring (bicyclic) bond motifs is 1. The predicted molar refractivity (Wildman–Crippen MR) is 107 cm³/mol. The third-order valence-electron chi connectivity index (χ3n) is 6.16. The molecule has 6 nitrogen and oxygen atoms in total. The molecule has 3 aromatic rings. The van der Waals surface area contributed by atoms with Crippen molar-refractivity contribution in [3.05, 3.63) is 35.9 Å². The van der Waals surface area contributed by atoms with Crippen molar-refractivity contribution in [3.63, 3.8) is 0 Å². The molecule has 2 fully saturated rings. The van der Waals surface area contributed by atoms with E-state index in [2.05, 4.69) is 11.8 Å². The van der Waals surface area contributed by atoms with Gasteiger partial charge in [0, 0.05) is 31.4 Å². The summed E-state index contributed by atoms with van der Waals surface area (Å²) in [6.45, 7) is 1.01. The summed E-state index contributed by atoms with van der Waals surface area (Å²) in [5, 5.41) is 0. The number of halogens is 2. The van der Waals surface area contributed by atoms with Crippen molar-refractivity contribution in [1.82, 2.24) is 24.0 Å². The van der Waals surface area contributed by atoms with Gasteiger partial charge in [0.05, 0.1) is 19.1 Å². The lowest BCUT2D eigenvalue weighted by Crippen LogP contribution is -2.50. The number of quaternary nitrogens is 1. The summed E-state index contributed by atoms with van der Waals surface area (Å²) >= 11 is 0. The smallest absolute Gasteiger partial charge is 0.387 e. The molecule has 0 radical (unpaired) electrons. The minimum absolute atomic E-state index is 0.129. The first-order chi connectivity index (χ1) is 13.9. The van der Waals surface area contributed by atoms with Crippen LogP contribution in [0.5, 0.6) is 5.75 Å². The Bertz CT molecular complexity index is 1060. The van der Waals surface area contributed by atoms with Crippen LogP contribution >= 0.6 is 0 Å². The van der Waals surface area contributed by atoms with Crippen LogP contribution in [0.4, 0.5) is 14.6 Å². The first-order valence-electron chi connectivity index (χ1n) is 10.0. The van der Waals surface area contributed by atoms with Gasteiger partial charge in [0.1, 0.15) is 17.4 Å². The summed E-state index contributed by atoms with van der Waals surface area (Å²) in [6, 6.07) is 7.79. The van der Waals surface area contributed by atoms with Crippen molar-refractivity contribution < 1.29 is 13.5 Å². The van der Waals surface area contributed by atoms with E-state index in [0.717, 1.165) is 38.8 Å². The lowest BCUT2D eigenvalue weighted by atomic mass is 10.3. The Kier molecular flexibility index (Phi) is 4.10. The van der Waals surface area contributed by atoms with Gasteiger partial charge in [-0.15, -0.1) is 0 Å². The number of benzene rings is 1. The Morgan fingerprint density at radius 2 is 1.62 bits per heavy atom. The fraction of sp³-hybridized carbons (Fsp3) is 0.476. The number of imidazole rings is 1. The molecule has 0 amide bonds. The molecule has 0 N–H and O–H groups in total. The third kappa shape index (κ3) is 3.06. The molecule has 2 saturated carbocycles. The van der Waals surface area contributed by atoms with Gasteiger partial charge in [-0.05, 0) is 38.1 Å². The molecule has 2 aromatic heterocycles. The highest BCUT2D eigenvalue weighted by Crippen LogP contribution is 2.47. The second kappa shape index (κ2) is 6.45. The number of aromatic nitrogens is 4. The van der Waals surface area contributed by atoms with Gasteiger partial charge < -0.3 is 4.74 Å². The number of hydrogen-bond acceptors (Lipinski definition) is 4. The maximum absolute atomic E-state index is 12.5. The topological polar surface area (TPSA) is 52.8 Å². The Balaban J connectivity index is 1.65. The molecule has 8 heteroatoms. The van der Waals surface area contributed by atoms with Crippen LogP contribution in [0.25, 0.3) is 16.9 Å². The van der Waals surface area contributed by atoms with Crippen LogP contribution in [-0.2, 0) is 0 Å². The molecule has 0 unspecified atom stereocenters. The van der Waals surface area contributed by atoms with Crippen molar-refractivity contribution in [3.8, 4) is 11.4 Å². The Morgan fingerprint density at radius 1 is 1.00 bits per heavy atom. The number of alkyl halides is 2. The van der Waals surface area contributed by atoms with Crippen LogP contribution in [0.1, 0.15) is 37.3 Å². The molecule has 0 bridgehead atoms. The minimum atomic E-state index is -2.84. The van der Waals surface area contributed by atoms with E-state index in [1.165, 1.54) is 37.8 Å². The van der Waals surface area contributed by atoms with E-state index in [1.54, 1.807) is 12.1 Å². The van der Waals surface area contributed by atoms with Gasteiger partial charge >= 0.3 is 6.61 Å². The van der Waals surface area contributed by atoms with Crippen LogP contribution in [0.15, 0.2) is 24.3 Å². The molecular weight excluding hydrogens is 376 g/mol. The maximum Gasteiger partial charge on any atom is 0.387 e. The largest absolute Gasteiger partial charge is 0.435 e. The molecule has 2 aliphatic rings. The van der Waals surface area contributed by atoms with E-state index in [4.69, 9.17) is 15.0 Å². The van der Waals surface area contributed by atoms with Crippen molar-refractivity contribution in [2.45, 2.75) is 58.2 Å². The first kappa shape index (κ1) is 18.4. The van der Waals surface area contributed by atoms with Crippen LogP contribution < -0.4 is 9.22 Å². The number of hydrogen-bond donors (Lipinski definition) is 0. The molecule has 0 aliphatic heterocycles. The van der Waals surface area contributed by atoms with E-state index in [-0.39, 0.29) is 5.75 Å². The monoisotopic (exact) mass is 400 g/mol. The van der Waals surface area contributed by atoms with Crippen molar-refractivity contribution >= 4 is 17.0 Å². The van der Waals surface area contributed by atoms with Crippen molar-refractivity contribution in [2.75, 3.05) is 7.05 Å². The lowest BCUT2D eigenvalue weighted by Gasteiger charge is -2.33. The SMILES string of the molecule is Cc1nc([N+](C)(C2CC2)C2CC2)c2nc(C)n(-c3ccc(OC(F)F)cc3)c2n1. The maximum atomic E-state index is 12.5. The molecule has 2 heterocycles. The summed E-state index contributed by atoms with van der Waals surface area (Å²) in [6.07, 6.45) is 4.90. The zero-order chi connectivity index (χ0) is 20.3. The summed E-state index contributed by atoms with van der Waals surface area (Å²) in [7, 11) is 2.29. The van der Waals surface area contributed by atoms with Crippen LogP contribution in [-0.4, -0.2) is 45.3 Å². The summed E-state index contributed by atoms with van der Waals surface area (Å²) in [4.78, 5) is 14.4. The summed E-state index contributed by atoms with van der Waals surface area (Å²) < 4.78 is 32.2. The van der Waals surface area contributed by atoms with E-state index in [9.17, 15) is 8.78 Å². The van der Waals surface area contributed by atoms with Gasteiger partial charge in [0.25, 0.3) is 5.82 Å². The van der Waals surface area contributed by atoms with Gasteiger partial charge in [0.2, 0.25) is 0 Å². The van der Waals surface area contributed by atoms with E-state index in [1.807, 2.05) is 18.4 Å². The van der Waals surface area contributed by atoms with Crippen LogP contribution in [0.2, 0.25) is 0 Å². The molecule has 5 rings (SSSR count). The predicted octanol–water partition coefficient (Wildman–Crippen LogP) is 4.30. The molecule has 0 spiro atoms. The van der Waals surface area contributed by atoms with E-state index in [0.29, 0.717) is 12.1 Å². The lowest BCUT2D eigenvalue weighted by molar-refractivity contribution is -0.0498. The summed E-state index contributed by atoms with van der Waals surface area (Å²) in [5.41, 5.74) is 2.41. The highest BCUT2D eigenvalue weighted by Gasteiger charge is 2.55. The normalized spacial score (nSPS) is 17.3. The highest BCUT2D eigenvalue weighted by molar-refractivity contribution is 5.85. The van der Waals surface area contributed by atoms with Gasteiger partial charge in [-0.25, -0.2) is 9.97 Å². The Morgan fingerprint density at radius 3 is 2.17 bits per heavy atom. The Hall–Kier alpha value is -2.61. The Labute approximate surface area is 167 Å². The highest BCUT2D eigenvalue weighted by atomic mass is 19.3.